The number of anilines is 1. The van der Waals surface area contributed by atoms with Gasteiger partial charge in [0.2, 0.25) is 11.8 Å². The summed E-state index contributed by atoms with van der Waals surface area (Å²) in [6.45, 7) is 0.949. The zero-order valence-corrected chi connectivity index (χ0v) is 23.7. The number of rotatable bonds is 9. The molecule has 0 spiro atoms. The van der Waals surface area contributed by atoms with Crippen molar-refractivity contribution in [2.75, 3.05) is 18.1 Å². The molecule has 0 N–H and O–H groups in total. The fourth-order valence-corrected chi connectivity index (χ4v) is 7.22. The number of carbonyl (C=O) groups is 1. The lowest BCUT2D eigenvalue weighted by Gasteiger charge is -2.52. The Morgan fingerprint density at radius 2 is 1.76 bits per heavy atom. The highest BCUT2D eigenvalue weighted by molar-refractivity contribution is 5.94. The molecule has 9 rings (SSSR count). The fraction of sp³-hybridized carbons (Fsp3) is 0.625. The summed E-state index contributed by atoms with van der Waals surface area (Å²) in [6, 6.07) is 9.78. The molecule has 1 unspecified atom stereocenters. The van der Waals surface area contributed by atoms with Gasteiger partial charge >= 0.3 is 0 Å². The Kier molecular flexibility index (Phi) is 6.11. The molecule has 1 aromatic carbocycles. The Balaban J connectivity index is 1.04. The third-order valence-corrected chi connectivity index (χ3v) is 10.3. The second-order valence-corrected chi connectivity index (χ2v) is 13.6. The van der Waals surface area contributed by atoms with Crippen molar-refractivity contribution in [1.29, 1.82) is 0 Å². The van der Waals surface area contributed by atoms with Gasteiger partial charge in [0.05, 0.1) is 6.61 Å². The van der Waals surface area contributed by atoms with Crippen molar-refractivity contribution in [3.05, 3.63) is 47.8 Å². The number of benzene rings is 1. The molecule has 2 aliphatic heterocycles. The monoisotopic (exact) mass is 578 g/mol. The minimum Gasteiger partial charge on any atom is -0.364 e. The Hall–Kier alpha value is -3.14. The first kappa shape index (κ1) is 26.5. The summed E-state index contributed by atoms with van der Waals surface area (Å²) in [5.74, 6) is 0.0303. The van der Waals surface area contributed by atoms with E-state index in [0.717, 1.165) is 79.9 Å². The third kappa shape index (κ3) is 4.95. The van der Waals surface area contributed by atoms with E-state index in [2.05, 4.69) is 10.3 Å². The average molecular weight is 579 g/mol. The van der Waals surface area contributed by atoms with Crippen molar-refractivity contribution < 1.29 is 27.4 Å². The van der Waals surface area contributed by atoms with Gasteiger partial charge in [-0.15, -0.1) is 0 Å². The first-order valence-electron chi connectivity index (χ1n) is 15.5. The van der Waals surface area contributed by atoms with Gasteiger partial charge in [-0.1, -0.05) is 22.4 Å². The van der Waals surface area contributed by atoms with E-state index in [1.807, 2.05) is 35.2 Å². The number of amides is 1. The summed E-state index contributed by atoms with van der Waals surface area (Å²) in [5, 5.41) is 8.51. The molecule has 222 valence electrons. The molecule has 1 atom stereocenters. The summed E-state index contributed by atoms with van der Waals surface area (Å²) in [5.41, 5.74) is 1.57. The number of aromatic nitrogens is 3. The Morgan fingerprint density at radius 1 is 0.952 bits per heavy atom. The first-order chi connectivity index (χ1) is 20.3. The molecule has 6 aliphatic rings. The Labute approximate surface area is 243 Å². The van der Waals surface area contributed by atoms with Crippen LogP contribution >= 0.6 is 0 Å². The summed E-state index contributed by atoms with van der Waals surface area (Å²) < 4.78 is 45.8. The molecule has 0 radical (unpaired) electrons. The highest BCUT2D eigenvalue weighted by atomic mass is 19.3. The molecule has 2 aromatic heterocycles. The summed E-state index contributed by atoms with van der Waals surface area (Å²) in [4.78, 5) is 20.5. The summed E-state index contributed by atoms with van der Waals surface area (Å²) in [6.07, 6.45) is 7.79. The number of halogens is 2. The predicted molar refractivity (Wildman–Crippen MR) is 148 cm³/mol. The fourth-order valence-electron chi connectivity index (χ4n) is 7.22. The van der Waals surface area contributed by atoms with Crippen molar-refractivity contribution in [2.45, 2.75) is 100 Å². The normalized spacial score (nSPS) is 30.1. The number of alkyl halides is 2. The molecule has 6 fully saturated rings. The van der Waals surface area contributed by atoms with Crippen LogP contribution in [0.1, 0.15) is 106 Å². The van der Waals surface area contributed by atoms with Crippen LogP contribution < -0.4 is 4.90 Å². The molecular formula is C32H36F2N4O4. The third-order valence-electron chi connectivity index (χ3n) is 10.3. The molecule has 3 aromatic rings. The van der Waals surface area contributed by atoms with Crippen molar-refractivity contribution in [1.82, 2.24) is 15.3 Å². The van der Waals surface area contributed by atoms with Crippen LogP contribution in [0.3, 0.4) is 0 Å². The standard InChI is InChI=1S/C32H36F2N4O4/c33-32(34)9-8-20(17-32)14-27(39)38(24-3-1-2-23(15-24)25-16-26(41-36-25)21-4-5-21)18-30-10-12-31(13-11-30,40-19-30)29-35-28(37-42-29)22-6-7-22/h1-3,15-16,20-22H,4-14,17-19H2. The van der Waals surface area contributed by atoms with Crippen LogP contribution in [-0.4, -0.2) is 40.3 Å². The molecule has 1 amide bonds. The Bertz CT molecular complexity index is 1470. The van der Waals surface area contributed by atoms with E-state index in [1.165, 1.54) is 0 Å². The lowest BCUT2D eigenvalue weighted by atomic mass is 9.65. The highest BCUT2D eigenvalue weighted by Crippen LogP contribution is 2.54. The molecule has 10 heteroatoms. The minimum absolute atomic E-state index is 0.114. The van der Waals surface area contributed by atoms with Crippen LogP contribution in [0.15, 0.2) is 39.4 Å². The van der Waals surface area contributed by atoms with Crippen molar-refractivity contribution in [3.8, 4) is 11.3 Å². The molecule has 2 bridgehead atoms. The van der Waals surface area contributed by atoms with E-state index < -0.39 is 11.5 Å². The van der Waals surface area contributed by atoms with Gasteiger partial charge in [-0.05, 0) is 75.8 Å². The topological polar surface area (TPSA) is 94.5 Å². The lowest BCUT2D eigenvalue weighted by molar-refractivity contribution is -0.198. The summed E-state index contributed by atoms with van der Waals surface area (Å²) in [7, 11) is 0. The van der Waals surface area contributed by atoms with Crippen molar-refractivity contribution in [3.63, 3.8) is 0 Å². The van der Waals surface area contributed by atoms with Crippen LogP contribution in [0.25, 0.3) is 11.3 Å². The lowest BCUT2D eigenvalue weighted by Crippen LogP contribution is -2.54. The van der Waals surface area contributed by atoms with E-state index in [1.54, 1.807) is 0 Å². The average Bonchev–Trinajstić information content (AvgIpc) is 3.90. The number of carbonyl (C=O) groups excluding carboxylic acids is 1. The molecule has 8 nitrogen and oxygen atoms in total. The maximum atomic E-state index is 14.0. The SMILES string of the molecule is O=C(CC1CCC(F)(F)C1)N(CC12CCC(c3nc(C4CC4)no3)(CC1)OC2)c1cccc(-c2cc(C3CC3)on2)c1. The van der Waals surface area contributed by atoms with Gasteiger partial charge in [0.25, 0.3) is 5.89 Å². The largest absolute Gasteiger partial charge is 0.364 e. The van der Waals surface area contributed by atoms with E-state index in [-0.39, 0.29) is 36.5 Å². The maximum Gasteiger partial charge on any atom is 0.258 e. The molecule has 4 aliphatic carbocycles. The number of hydrogen-bond acceptors (Lipinski definition) is 7. The first-order valence-corrected chi connectivity index (χ1v) is 15.5. The quantitative estimate of drug-likeness (QED) is 0.267. The zero-order valence-electron chi connectivity index (χ0n) is 23.7. The van der Waals surface area contributed by atoms with E-state index >= 15 is 0 Å². The highest BCUT2D eigenvalue weighted by Gasteiger charge is 2.55. The van der Waals surface area contributed by atoms with E-state index in [4.69, 9.17) is 18.8 Å². The number of nitrogens with zero attached hydrogens (tertiary/aromatic N) is 4. The van der Waals surface area contributed by atoms with Gasteiger partial charge in [-0.2, -0.15) is 4.98 Å². The molecule has 4 saturated carbocycles. The summed E-state index contributed by atoms with van der Waals surface area (Å²) >= 11 is 0. The smallest absolute Gasteiger partial charge is 0.258 e. The molecule has 2 saturated heterocycles. The van der Waals surface area contributed by atoms with Gasteiger partial charge in [0.1, 0.15) is 17.1 Å². The van der Waals surface area contributed by atoms with Gasteiger partial charge in [0, 0.05) is 60.4 Å². The zero-order chi connectivity index (χ0) is 28.5. The van der Waals surface area contributed by atoms with Crippen molar-refractivity contribution >= 4 is 11.6 Å². The van der Waals surface area contributed by atoms with Crippen LogP contribution in [0.2, 0.25) is 0 Å². The Morgan fingerprint density at radius 3 is 2.45 bits per heavy atom. The predicted octanol–water partition coefficient (Wildman–Crippen LogP) is 7.12. The van der Waals surface area contributed by atoms with Gasteiger partial charge in [-0.3, -0.25) is 4.79 Å². The minimum atomic E-state index is -2.68. The van der Waals surface area contributed by atoms with Crippen molar-refractivity contribution in [2.24, 2.45) is 11.3 Å². The molecule has 4 heterocycles. The van der Waals surface area contributed by atoms with Gasteiger partial charge in [0.15, 0.2) is 5.82 Å². The number of hydrogen-bond donors (Lipinski definition) is 0. The van der Waals surface area contributed by atoms with Crippen LogP contribution in [0.4, 0.5) is 14.5 Å². The second kappa shape index (κ2) is 9.69. The molecular weight excluding hydrogens is 542 g/mol. The maximum absolute atomic E-state index is 14.0. The molecule has 42 heavy (non-hydrogen) atoms. The second-order valence-electron chi connectivity index (χ2n) is 13.6. The number of ether oxygens (including phenoxy) is 1. The van der Waals surface area contributed by atoms with E-state index in [9.17, 15) is 13.6 Å². The van der Waals surface area contributed by atoms with Crippen LogP contribution in [0.5, 0.6) is 0 Å². The van der Waals surface area contributed by atoms with E-state index in [0.29, 0.717) is 37.3 Å². The number of fused-ring (bicyclic) bond motifs is 3. The van der Waals surface area contributed by atoms with Gasteiger partial charge < -0.3 is 18.7 Å². The van der Waals surface area contributed by atoms with Crippen LogP contribution in [0, 0.1) is 11.3 Å². The van der Waals surface area contributed by atoms with Crippen LogP contribution in [-0.2, 0) is 15.1 Å². The van der Waals surface area contributed by atoms with Gasteiger partial charge in [-0.25, -0.2) is 8.78 Å².